The van der Waals surface area contributed by atoms with E-state index in [1.165, 1.54) is 19.9 Å². The van der Waals surface area contributed by atoms with Gasteiger partial charge >= 0.3 is 23.9 Å². The first-order chi connectivity index (χ1) is 20.8. The molecule has 0 bridgehead atoms. The van der Waals surface area contributed by atoms with Gasteiger partial charge in [-0.05, 0) is 47.0 Å². The van der Waals surface area contributed by atoms with Gasteiger partial charge in [0.25, 0.3) is 0 Å². The van der Waals surface area contributed by atoms with Gasteiger partial charge in [0.2, 0.25) is 0 Å². The molecule has 0 amide bonds. The van der Waals surface area contributed by atoms with Crippen LogP contribution in [0.2, 0.25) is 0 Å². The first-order valence-corrected chi connectivity index (χ1v) is 14.6. The minimum atomic E-state index is -0.773. The van der Waals surface area contributed by atoms with Crippen molar-refractivity contribution in [3.8, 4) is 0 Å². The van der Waals surface area contributed by atoms with E-state index in [1.54, 1.807) is 6.92 Å². The summed E-state index contributed by atoms with van der Waals surface area (Å²) < 4.78 is 29.4. The maximum absolute atomic E-state index is 11.6. The largest absolute Gasteiger partial charge is 0.462 e. The highest BCUT2D eigenvalue weighted by Crippen LogP contribution is 2.08. The molecule has 1 atom stereocenters. The Balaban J connectivity index is -0.000000624. The number of aliphatic hydroxyl groups excluding tert-OH is 2. The highest BCUT2D eigenvalue weighted by atomic mass is 16.7. The number of aliphatic hydroxyl groups is 2. The van der Waals surface area contributed by atoms with E-state index in [9.17, 15) is 19.2 Å². The number of rotatable bonds is 21. The lowest BCUT2D eigenvalue weighted by Crippen LogP contribution is -2.23. The molecule has 0 aromatic heterocycles. The second kappa shape index (κ2) is 31.3. The average molecular weight is 631 g/mol. The number of carbonyl (C=O) groups excluding carboxylic acids is 4. The molecule has 0 saturated heterocycles. The second-order valence-electron chi connectivity index (χ2n) is 9.19. The molecule has 0 spiro atoms. The minimum absolute atomic E-state index is 0.00882. The molecule has 0 radical (unpaired) electrons. The maximum atomic E-state index is 11.6. The average Bonchev–Trinajstić information content (AvgIpc) is 2.99. The van der Waals surface area contributed by atoms with Gasteiger partial charge in [0.05, 0.1) is 46.2 Å². The third-order valence-corrected chi connectivity index (χ3v) is 4.88. The van der Waals surface area contributed by atoms with Gasteiger partial charge in [-0.25, -0.2) is 19.2 Å². The van der Waals surface area contributed by atoms with Crippen LogP contribution in [0.1, 0.15) is 73.6 Å². The first kappa shape index (κ1) is 45.3. The van der Waals surface area contributed by atoms with Crippen LogP contribution in [0, 0.1) is 0 Å². The van der Waals surface area contributed by atoms with Crippen molar-refractivity contribution in [2.75, 3.05) is 52.9 Å². The number of ether oxygens (including phenoxy) is 6. The van der Waals surface area contributed by atoms with E-state index in [2.05, 4.69) is 31.4 Å². The molecule has 0 rings (SSSR count). The molecular weight excluding hydrogens is 576 g/mol. The van der Waals surface area contributed by atoms with Crippen molar-refractivity contribution in [2.45, 2.75) is 79.9 Å². The Hall–Kier alpha value is -3.16. The molecule has 0 aromatic carbocycles. The van der Waals surface area contributed by atoms with Crippen LogP contribution in [0.3, 0.4) is 0 Å². The van der Waals surface area contributed by atoms with Gasteiger partial charge in [-0.3, -0.25) is 0 Å². The zero-order valence-electron chi connectivity index (χ0n) is 27.4. The molecule has 254 valence electrons. The fourth-order valence-electron chi connectivity index (χ4n) is 2.28. The van der Waals surface area contributed by atoms with Crippen molar-refractivity contribution in [3.63, 3.8) is 0 Å². The molecule has 12 heteroatoms. The topological polar surface area (TPSA) is 164 Å². The third kappa shape index (κ3) is 28.9. The molecule has 0 aliphatic carbocycles. The van der Waals surface area contributed by atoms with Crippen LogP contribution in [-0.2, 0) is 47.6 Å². The van der Waals surface area contributed by atoms with Crippen LogP contribution in [0.15, 0.2) is 48.1 Å². The second-order valence-corrected chi connectivity index (χ2v) is 9.19. The van der Waals surface area contributed by atoms with Crippen LogP contribution in [-0.4, -0.2) is 93.2 Å². The molecule has 0 heterocycles. The Labute approximate surface area is 262 Å². The highest BCUT2D eigenvalue weighted by molar-refractivity contribution is 6.01. The van der Waals surface area contributed by atoms with Crippen LogP contribution in [0.25, 0.3) is 0 Å². The molecule has 0 aromatic rings. The van der Waals surface area contributed by atoms with E-state index >= 15 is 0 Å². The minimum Gasteiger partial charge on any atom is -0.462 e. The van der Waals surface area contributed by atoms with Gasteiger partial charge in [0.15, 0.2) is 6.29 Å². The van der Waals surface area contributed by atoms with Crippen molar-refractivity contribution in [1.82, 2.24) is 0 Å². The van der Waals surface area contributed by atoms with Crippen LogP contribution >= 0.6 is 0 Å². The Kier molecular flexibility index (Phi) is 32.2. The summed E-state index contributed by atoms with van der Waals surface area (Å²) in [6.07, 6.45) is 4.76. The smallest absolute Gasteiger partial charge is 0.341 e. The monoisotopic (exact) mass is 630 g/mol. The summed E-state index contributed by atoms with van der Waals surface area (Å²) in [7, 11) is 0. The molecule has 1 unspecified atom stereocenters. The Morgan fingerprint density at radius 3 is 1.70 bits per heavy atom. The normalized spacial score (nSPS) is 11.0. The lowest BCUT2D eigenvalue weighted by Gasteiger charge is -2.14. The summed E-state index contributed by atoms with van der Waals surface area (Å²) in [5.41, 5.74) is 1.06. The van der Waals surface area contributed by atoms with Crippen molar-refractivity contribution >= 4 is 23.9 Å². The van der Waals surface area contributed by atoms with E-state index < -0.39 is 24.2 Å². The van der Waals surface area contributed by atoms with E-state index in [4.69, 9.17) is 33.9 Å². The molecule has 0 aliphatic heterocycles. The molecule has 12 nitrogen and oxygen atoms in total. The molecular formula is C32H54O12. The summed E-state index contributed by atoms with van der Waals surface area (Å²) >= 11 is 0. The van der Waals surface area contributed by atoms with Gasteiger partial charge in [0, 0.05) is 28.9 Å². The van der Waals surface area contributed by atoms with E-state index in [0.29, 0.717) is 45.2 Å². The standard InChI is InChI=1S/C16H22O5.C8H18O5.C8H14O2/c1-6-7-10-20-15(18)12(4)8-9-13(5)16(19)21-14(17)11(2)3;1-2-12-8(7-10)13-6-5-11-4-3-9;1-4-5-6-10-8(9)7(2)3/h9H,2,4,6-8,10H2,1,3,5H3;8-10H,2-7H2,1H3;2,4-6H2,1,3H3. The quantitative estimate of drug-likeness (QED) is 0.0466. The van der Waals surface area contributed by atoms with Gasteiger partial charge in [0.1, 0.15) is 0 Å². The van der Waals surface area contributed by atoms with Gasteiger partial charge in [-0.1, -0.05) is 52.5 Å². The van der Waals surface area contributed by atoms with E-state index in [-0.39, 0.29) is 42.3 Å². The third-order valence-electron chi connectivity index (χ3n) is 4.88. The zero-order valence-corrected chi connectivity index (χ0v) is 27.4. The van der Waals surface area contributed by atoms with Crippen molar-refractivity contribution in [3.05, 3.63) is 48.1 Å². The fourth-order valence-corrected chi connectivity index (χ4v) is 2.28. The maximum Gasteiger partial charge on any atom is 0.341 e. The van der Waals surface area contributed by atoms with Crippen molar-refractivity contribution in [1.29, 1.82) is 0 Å². The number of carbonyl (C=O) groups is 4. The molecule has 2 N–H and O–H groups in total. The molecule has 0 aliphatic rings. The van der Waals surface area contributed by atoms with Gasteiger partial charge in [-0.15, -0.1) is 0 Å². The summed E-state index contributed by atoms with van der Waals surface area (Å²) in [5.74, 6) is -2.31. The van der Waals surface area contributed by atoms with Crippen LogP contribution < -0.4 is 0 Å². The summed E-state index contributed by atoms with van der Waals surface area (Å²) in [5, 5.41) is 17.1. The van der Waals surface area contributed by atoms with Crippen molar-refractivity contribution in [2.24, 2.45) is 0 Å². The number of unbranched alkanes of at least 4 members (excludes halogenated alkanes) is 2. The number of esters is 4. The first-order valence-electron chi connectivity index (χ1n) is 14.6. The zero-order chi connectivity index (χ0) is 34.3. The molecule has 0 saturated carbocycles. The van der Waals surface area contributed by atoms with Crippen LogP contribution in [0.5, 0.6) is 0 Å². The van der Waals surface area contributed by atoms with E-state index in [0.717, 1.165) is 25.7 Å². The Bertz CT molecular complexity index is 892. The number of hydrogen-bond acceptors (Lipinski definition) is 12. The SMILES string of the molecule is C=C(C)C(=O)OC(=O)C(C)=CCC(=C)C(=O)OCCCC.C=C(C)C(=O)OCCCC.CCOC(CO)OCCOCCO. The summed E-state index contributed by atoms with van der Waals surface area (Å²) in [6.45, 7) is 23.2. The number of allylic oxidation sites excluding steroid dienone is 1. The Morgan fingerprint density at radius 1 is 0.705 bits per heavy atom. The van der Waals surface area contributed by atoms with E-state index in [1.807, 2.05) is 13.8 Å². The molecule has 44 heavy (non-hydrogen) atoms. The summed E-state index contributed by atoms with van der Waals surface area (Å²) in [4.78, 5) is 45.0. The lowest BCUT2D eigenvalue weighted by molar-refractivity contribution is -0.166. The Morgan fingerprint density at radius 2 is 1.25 bits per heavy atom. The highest BCUT2D eigenvalue weighted by Gasteiger charge is 2.14. The fraction of sp³-hybridized carbons (Fsp3) is 0.625. The predicted octanol–water partition coefficient (Wildman–Crippen LogP) is 4.14. The predicted molar refractivity (Wildman–Crippen MR) is 166 cm³/mol. The van der Waals surface area contributed by atoms with Crippen molar-refractivity contribution < 1.29 is 57.8 Å². The summed E-state index contributed by atoms with van der Waals surface area (Å²) in [6, 6.07) is 0. The molecule has 0 fully saturated rings. The number of hydrogen-bond donors (Lipinski definition) is 2. The van der Waals surface area contributed by atoms with Crippen LogP contribution in [0.4, 0.5) is 0 Å². The lowest BCUT2D eigenvalue weighted by atomic mass is 10.1. The van der Waals surface area contributed by atoms with Gasteiger partial charge < -0.3 is 38.6 Å². The van der Waals surface area contributed by atoms with Gasteiger partial charge in [-0.2, -0.15) is 0 Å².